The lowest BCUT2D eigenvalue weighted by atomic mass is 9.80. The van der Waals surface area contributed by atoms with Crippen LogP contribution in [0.2, 0.25) is 0 Å². The maximum absolute atomic E-state index is 6.21. The van der Waals surface area contributed by atoms with Crippen molar-refractivity contribution in [3.63, 3.8) is 0 Å². The first-order valence-corrected chi connectivity index (χ1v) is 7.35. The normalized spacial score (nSPS) is 27.7. The number of allylic oxidation sites excluding steroid dienone is 1. The predicted molar refractivity (Wildman–Crippen MR) is 85.9 cm³/mol. The third-order valence-corrected chi connectivity index (χ3v) is 4.35. The van der Waals surface area contributed by atoms with Crippen LogP contribution in [0.15, 0.2) is 48.1 Å². The van der Waals surface area contributed by atoms with E-state index in [0.717, 1.165) is 24.3 Å². The van der Waals surface area contributed by atoms with E-state index >= 15 is 0 Å². The number of hydroxylamine groups is 2. The first kappa shape index (κ1) is 14.0. The van der Waals surface area contributed by atoms with Crippen molar-refractivity contribution >= 4 is 5.76 Å². The Hall–Kier alpha value is -1.98. The van der Waals surface area contributed by atoms with Crippen LogP contribution in [0.25, 0.3) is 5.76 Å². The lowest BCUT2D eigenvalue weighted by Gasteiger charge is -2.26. The highest BCUT2D eigenvalue weighted by Crippen LogP contribution is 2.52. The Morgan fingerprint density at radius 1 is 1.24 bits per heavy atom. The molecule has 21 heavy (non-hydrogen) atoms. The molecule has 2 aliphatic rings. The van der Waals surface area contributed by atoms with Gasteiger partial charge in [0, 0.05) is 17.7 Å². The standard InChI is InChI=1S/C19H21NO/c1-5-6-12-16-17(15-10-8-7-9-11-15)21-20-14-18(2,3)13-19(16,20)4/h1,6-12H,13-14H2,2-4H3/b12-6-. The number of hydrogen-bond acceptors (Lipinski definition) is 2. The van der Waals surface area contributed by atoms with Crippen LogP contribution in [-0.2, 0) is 4.84 Å². The van der Waals surface area contributed by atoms with Crippen molar-refractivity contribution in [3.05, 3.63) is 53.6 Å². The molecule has 2 heterocycles. The second kappa shape index (κ2) is 4.79. The average Bonchev–Trinajstić information content (AvgIpc) is 2.82. The van der Waals surface area contributed by atoms with E-state index in [0.29, 0.717) is 0 Å². The van der Waals surface area contributed by atoms with Crippen molar-refractivity contribution in [1.82, 2.24) is 5.06 Å². The average molecular weight is 279 g/mol. The fourth-order valence-electron chi connectivity index (χ4n) is 3.59. The number of fused-ring (bicyclic) bond motifs is 1. The molecule has 2 aliphatic heterocycles. The van der Waals surface area contributed by atoms with Crippen molar-refractivity contribution in [2.24, 2.45) is 5.41 Å². The van der Waals surface area contributed by atoms with Gasteiger partial charge in [-0.2, -0.15) is 0 Å². The Labute approximate surface area is 127 Å². The van der Waals surface area contributed by atoms with Gasteiger partial charge in [0.2, 0.25) is 0 Å². The summed E-state index contributed by atoms with van der Waals surface area (Å²) in [4.78, 5) is 6.21. The Morgan fingerprint density at radius 3 is 2.62 bits per heavy atom. The van der Waals surface area contributed by atoms with E-state index in [1.54, 1.807) is 6.08 Å². The number of hydrogen-bond donors (Lipinski definition) is 0. The number of benzene rings is 1. The molecule has 1 saturated heterocycles. The van der Waals surface area contributed by atoms with E-state index in [2.05, 4.69) is 43.9 Å². The molecule has 108 valence electrons. The molecule has 0 aromatic heterocycles. The number of nitrogens with zero attached hydrogens (tertiary/aromatic N) is 1. The molecule has 2 heteroatoms. The van der Waals surface area contributed by atoms with Gasteiger partial charge in [0.25, 0.3) is 0 Å². The lowest BCUT2D eigenvalue weighted by Crippen LogP contribution is -2.36. The summed E-state index contributed by atoms with van der Waals surface area (Å²) in [6.07, 6.45) is 10.3. The monoisotopic (exact) mass is 279 g/mol. The Bertz CT molecular complexity index is 648. The molecular formula is C19H21NO. The molecule has 3 rings (SSSR count). The van der Waals surface area contributed by atoms with Crippen LogP contribution in [0.5, 0.6) is 0 Å². The van der Waals surface area contributed by atoms with Crippen LogP contribution < -0.4 is 0 Å². The van der Waals surface area contributed by atoms with E-state index in [4.69, 9.17) is 11.3 Å². The molecule has 2 nitrogen and oxygen atoms in total. The highest BCUT2D eigenvalue weighted by Gasteiger charge is 2.54. The molecule has 1 aromatic carbocycles. The maximum Gasteiger partial charge on any atom is 0.159 e. The van der Waals surface area contributed by atoms with Gasteiger partial charge in [-0.15, -0.1) is 11.5 Å². The predicted octanol–water partition coefficient (Wildman–Crippen LogP) is 4.02. The topological polar surface area (TPSA) is 12.5 Å². The Morgan fingerprint density at radius 2 is 1.95 bits per heavy atom. The Balaban J connectivity index is 2.10. The van der Waals surface area contributed by atoms with Crippen molar-refractivity contribution in [2.75, 3.05) is 6.54 Å². The molecule has 0 aliphatic carbocycles. The van der Waals surface area contributed by atoms with Gasteiger partial charge < -0.3 is 4.84 Å². The third-order valence-electron chi connectivity index (χ3n) is 4.35. The molecular weight excluding hydrogens is 258 g/mol. The molecule has 0 bridgehead atoms. The third kappa shape index (κ3) is 2.28. The van der Waals surface area contributed by atoms with E-state index in [-0.39, 0.29) is 11.0 Å². The molecule has 0 spiro atoms. The van der Waals surface area contributed by atoms with Gasteiger partial charge >= 0.3 is 0 Å². The van der Waals surface area contributed by atoms with Crippen LogP contribution in [0.4, 0.5) is 0 Å². The number of rotatable bonds is 2. The van der Waals surface area contributed by atoms with Gasteiger partial charge in [-0.05, 0) is 30.9 Å². The van der Waals surface area contributed by atoms with Crippen LogP contribution in [-0.4, -0.2) is 17.1 Å². The highest BCUT2D eigenvalue weighted by atomic mass is 16.7. The molecule has 1 aromatic rings. The minimum Gasteiger partial charge on any atom is -0.404 e. The van der Waals surface area contributed by atoms with Crippen LogP contribution in [0.3, 0.4) is 0 Å². The van der Waals surface area contributed by atoms with Gasteiger partial charge in [0.1, 0.15) is 0 Å². The van der Waals surface area contributed by atoms with Crippen LogP contribution >= 0.6 is 0 Å². The van der Waals surface area contributed by atoms with E-state index in [9.17, 15) is 0 Å². The summed E-state index contributed by atoms with van der Waals surface area (Å²) in [6.45, 7) is 7.73. The summed E-state index contributed by atoms with van der Waals surface area (Å²) in [6, 6.07) is 10.2. The zero-order valence-corrected chi connectivity index (χ0v) is 12.9. The van der Waals surface area contributed by atoms with Crippen LogP contribution in [0, 0.1) is 17.8 Å². The number of terminal acetylenes is 1. The first-order valence-electron chi connectivity index (χ1n) is 7.35. The van der Waals surface area contributed by atoms with E-state index in [1.807, 2.05) is 24.3 Å². The summed E-state index contributed by atoms with van der Waals surface area (Å²) < 4.78 is 0. The summed E-state index contributed by atoms with van der Waals surface area (Å²) in [7, 11) is 0. The summed E-state index contributed by atoms with van der Waals surface area (Å²) in [5, 5.41) is 2.12. The zero-order chi connectivity index (χ0) is 15.1. The lowest BCUT2D eigenvalue weighted by molar-refractivity contribution is -0.105. The van der Waals surface area contributed by atoms with Gasteiger partial charge in [-0.25, -0.2) is 0 Å². The molecule has 1 atom stereocenters. The van der Waals surface area contributed by atoms with Crippen LogP contribution in [0.1, 0.15) is 32.8 Å². The fourth-order valence-corrected chi connectivity index (χ4v) is 3.59. The largest absolute Gasteiger partial charge is 0.404 e. The van der Waals surface area contributed by atoms with Crippen molar-refractivity contribution in [2.45, 2.75) is 32.7 Å². The molecule has 0 radical (unpaired) electrons. The van der Waals surface area contributed by atoms with Gasteiger partial charge in [-0.1, -0.05) is 50.1 Å². The zero-order valence-electron chi connectivity index (χ0n) is 12.9. The second-order valence-electron chi connectivity index (χ2n) is 6.85. The highest BCUT2D eigenvalue weighted by molar-refractivity contribution is 5.70. The summed E-state index contributed by atoms with van der Waals surface area (Å²) >= 11 is 0. The molecule has 0 amide bonds. The first-order chi connectivity index (χ1) is 9.96. The molecule has 0 saturated carbocycles. The van der Waals surface area contributed by atoms with E-state index < -0.39 is 0 Å². The summed E-state index contributed by atoms with van der Waals surface area (Å²) in [5.74, 6) is 3.53. The van der Waals surface area contributed by atoms with Gasteiger partial charge in [-0.3, -0.25) is 0 Å². The minimum atomic E-state index is -0.109. The van der Waals surface area contributed by atoms with Crippen molar-refractivity contribution < 1.29 is 4.84 Å². The van der Waals surface area contributed by atoms with E-state index in [1.165, 1.54) is 5.57 Å². The SMILES string of the molecule is C#C/C=C\C1=C(c2ccccc2)ON2CC(C)(C)CC12C. The Kier molecular flexibility index (Phi) is 3.19. The second-order valence-corrected chi connectivity index (χ2v) is 6.85. The fraction of sp³-hybridized carbons (Fsp3) is 0.368. The molecule has 1 fully saturated rings. The van der Waals surface area contributed by atoms with Crippen molar-refractivity contribution in [3.8, 4) is 12.3 Å². The quantitative estimate of drug-likeness (QED) is 0.758. The smallest absolute Gasteiger partial charge is 0.159 e. The van der Waals surface area contributed by atoms with Gasteiger partial charge in [0.05, 0.1) is 5.54 Å². The van der Waals surface area contributed by atoms with Crippen molar-refractivity contribution in [1.29, 1.82) is 0 Å². The summed E-state index contributed by atoms with van der Waals surface area (Å²) in [5.41, 5.74) is 2.41. The van der Waals surface area contributed by atoms with Gasteiger partial charge in [0.15, 0.2) is 5.76 Å². The molecule has 0 N–H and O–H groups in total. The minimum absolute atomic E-state index is 0.109. The molecule has 1 unspecified atom stereocenters. The maximum atomic E-state index is 6.21.